The highest BCUT2D eigenvalue weighted by Gasteiger charge is 2.24. The molecule has 1 atom stereocenters. The van der Waals surface area contributed by atoms with Crippen LogP contribution in [0.25, 0.3) is 0 Å². The first kappa shape index (κ1) is 19.7. The van der Waals surface area contributed by atoms with Crippen molar-refractivity contribution >= 4 is 27.5 Å². The maximum atomic E-state index is 12.5. The number of hydrogen-bond acceptors (Lipinski definition) is 4. The van der Waals surface area contributed by atoms with E-state index in [1.165, 1.54) is 25.2 Å². The Balaban J connectivity index is 2.89. The molecule has 1 aromatic carbocycles. The summed E-state index contributed by atoms with van der Waals surface area (Å²) in [7, 11) is -2.44. The third kappa shape index (κ3) is 5.37. The average Bonchev–Trinajstić information content (AvgIpc) is 2.48. The van der Waals surface area contributed by atoms with Crippen LogP contribution in [0.5, 0.6) is 5.75 Å². The maximum Gasteiger partial charge on any atom is 0.243 e. The smallest absolute Gasteiger partial charge is 0.243 e. The van der Waals surface area contributed by atoms with E-state index in [0.717, 1.165) is 10.7 Å². The molecule has 0 bridgehead atoms. The SMILES string of the molecule is CCOc1ccc(S(=O)(=O)N(C)CC(=O)N[C@H](C)CC)cc1Cl. The van der Waals surface area contributed by atoms with Crippen LogP contribution in [0.2, 0.25) is 5.02 Å². The van der Waals surface area contributed by atoms with Crippen LogP contribution in [0.15, 0.2) is 23.1 Å². The summed E-state index contributed by atoms with van der Waals surface area (Å²) >= 11 is 6.03. The third-order valence-electron chi connectivity index (χ3n) is 3.30. The number of benzene rings is 1. The Labute approximate surface area is 142 Å². The van der Waals surface area contributed by atoms with Gasteiger partial charge in [0.1, 0.15) is 5.75 Å². The first-order valence-electron chi connectivity index (χ1n) is 7.40. The van der Waals surface area contributed by atoms with Crippen LogP contribution in [0.4, 0.5) is 0 Å². The lowest BCUT2D eigenvalue weighted by Gasteiger charge is -2.19. The van der Waals surface area contributed by atoms with Gasteiger partial charge >= 0.3 is 0 Å². The predicted molar refractivity (Wildman–Crippen MR) is 90.3 cm³/mol. The molecule has 0 aliphatic rings. The lowest BCUT2D eigenvalue weighted by Crippen LogP contribution is -2.41. The fraction of sp³-hybridized carbons (Fsp3) is 0.533. The second-order valence-corrected chi connectivity index (χ2v) is 7.62. The molecule has 0 aliphatic carbocycles. The number of carbonyl (C=O) groups is 1. The molecule has 0 saturated carbocycles. The molecule has 1 rings (SSSR count). The van der Waals surface area contributed by atoms with Crippen molar-refractivity contribution in [2.45, 2.75) is 38.1 Å². The number of hydrogen-bond donors (Lipinski definition) is 1. The van der Waals surface area contributed by atoms with Crippen molar-refractivity contribution in [3.63, 3.8) is 0 Å². The van der Waals surface area contributed by atoms with Gasteiger partial charge in [-0.1, -0.05) is 18.5 Å². The van der Waals surface area contributed by atoms with E-state index >= 15 is 0 Å². The van der Waals surface area contributed by atoms with Gasteiger partial charge in [-0.25, -0.2) is 8.42 Å². The summed E-state index contributed by atoms with van der Waals surface area (Å²) < 4.78 is 31.3. The second-order valence-electron chi connectivity index (χ2n) is 5.16. The highest BCUT2D eigenvalue weighted by Crippen LogP contribution is 2.28. The van der Waals surface area contributed by atoms with Crippen molar-refractivity contribution in [1.82, 2.24) is 9.62 Å². The van der Waals surface area contributed by atoms with Gasteiger partial charge in [0, 0.05) is 13.1 Å². The number of rotatable bonds is 8. The number of halogens is 1. The summed E-state index contributed by atoms with van der Waals surface area (Å²) in [5.74, 6) is 0.0766. The summed E-state index contributed by atoms with van der Waals surface area (Å²) in [6.45, 7) is 5.79. The molecule has 0 unspecified atom stereocenters. The number of ether oxygens (including phenoxy) is 1. The molecule has 1 amide bonds. The lowest BCUT2D eigenvalue weighted by atomic mass is 10.2. The van der Waals surface area contributed by atoms with Crippen molar-refractivity contribution in [3.8, 4) is 5.75 Å². The molecule has 130 valence electrons. The number of nitrogens with zero attached hydrogens (tertiary/aromatic N) is 1. The van der Waals surface area contributed by atoms with E-state index in [1.807, 2.05) is 20.8 Å². The summed E-state index contributed by atoms with van der Waals surface area (Å²) in [6, 6.07) is 4.24. The number of carbonyl (C=O) groups excluding carboxylic acids is 1. The van der Waals surface area contributed by atoms with E-state index in [1.54, 1.807) is 0 Å². The van der Waals surface area contributed by atoms with Crippen LogP contribution < -0.4 is 10.1 Å². The molecule has 1 aromatic rings. The molecule has 0 aromatic heterocycles. The Morgan fingerprint density at radius 2 is 2.04 bits per heavy atom. The van der Waals surface area contributed by atoms with Crippen molar-refractivity contribution in [1.29, 1.82) is 0 Å². The van der Waals surface area contributed by atoms with Crippen LogP contribution in [-0.4, -0.2) is 44.9 Å². The standard InChI is InChI=1S/C15H23ClN2O4S/c1-5-11(3)17-15(19)10-18(4)23(20,21)12-7-8-14(22-6-2)13(16)9-12/h7-9,11H,5-6,10H2,1-4H3,(H,17,19)/t11-/m1/s1. The van der Waals surface area contributed by atoms with Gasteiger partial charge < -0.3 is 10.1 Å². The van der Waals surface area contributed by atoms with E-state index in [9.17, 15) is 13.2 Å². The highest BCUT2D eigenvalue weighted by atomic mass is 35.5. The summed E-state index contributed by atoms with van der Waals surface area (Å²) in [4.78, 5) is 11.9. The monoisotopic (exact) mass is 362 g/mol. The normalized spacial score (nSPS) is 13.0. The second kappa shape index (κ2) is 8.52. The molecule has 0 spiro atoms. The van der Waals surface area contributed by atoms with Crippen LogP contribution in [0.1, 0.15) is 27.2 Å². The molecule has 0 saturated heterocycles. The third-order valence-corrected chi connectivity index (χ3v) is 5.39. The Morgan fingerprint density at radius 3 is 2.57 bits per heavy atom. The Hall–Kier alpha value is -1.31. The molecule has 23 heavy (non-hydrogen) atoms. The zero-order valence-electron chi connectivity index (χ0n) is 13.8. The van der Waals surface area contributed by atoms with E-state index in [2.05, 4.69) is 5.32 Å². The minimum Gasteiger partial charge on any atom is -0.492 e. The van der Waals surface area contributed by atoms with Crippen LogP contribution in [0, 0.1) is 0 Å². The lowest BCUT2D eigenvalue weighted by molar-refractivity contribution is -0.121. The number of sulfonamides is 1. The predicted octanol–water partition coefficient (Wildman–Crippen LogP) is 2.27. The summed E-state index contributed by atoms with van der Waals surface area (Å²) in [5, 5.41) is 2.94. The van der Waals surface area contributed by atoms with Gasteiger partial charge in [0.05, 0.1) is 23.1 Å². The molecule has 1 N–H and O–H groups in total. The first-order valence-corrected chi connectivity index (χ1v) is 9.22. The van der Waals surface area contributed by atoms with Gasteiger partial charge in [0.2, 0.25) is 15.9 Å². The van der Waals surface area contributed by atoms with E-state index in [4.69, 9.17) is 16.3 Å². The first-order chi connectivity index (χ1) is 10.7. The van der Waals surface area contributed by atoms with Crippen molar-refractivity contribution < 1.29 is 17.9 Å². The fourth-order valence-corrected chi connectivity index (χ4v) is 3.26. The molecule has 0 heterocycles. The van der Waals surface area contributed by atoms with Crippen LogP contribution in [-0.2, 0) is 14.8 Å². The van der Waals surface area contributed by atoms with Gasteiger partial charge in [0.15, 0.2) is 0 Å². The van der Waals surface area contributed by atoms with Gasteiger partial charge in [-0.05, 0) is 38.5 Å². The maximum absolute atomic E-state index is 12.5. The van der Waals surface area contributed by atoms with E-state index < -0.39 is 10.0 Å². The minimum atomic E-state index is -3.80. The van der Waals surface area contributed by atoms with Crippen molar-refractivity contribution in [2.75, 3.05) is 20.2 Å². The molecule has 8 heteroatoms. The highest BCUT2D eigenvalue weighted by molar-refractivity contribution is 7.89. The van der Waals surface area contributed by atoms with E-state index in [0.29, 0.717) is 12.4 Å². The quantitative estimate of drug-likeness (QED) is 0.769. The molecular formula is C15H23ClN2O4S. The number of nitrogens with one attached hydrogen (secondary N) is 1. The topological polar surface area (TPSA) is 75.7 Å². The minimum absolute atomic E-state index is 0.00137. The van der Waals surface area contributed by atoms with Crippen molar-refractivity contribution in [2.24, 2.45) is 0 Å². The van der Waals surface area contributed by atoms with Gasteiger partial charge in [-0.15, -0.1) is 0 Å². The van der Waals surface area contributed by atoms with Crippen LogP contribution in [0.3, 0.4) is 0 Å². The average molecular weight is 363 g/mol. The fourth-order valence-electron chi connectivity index (χ4n) is 1.80. The largest absolute Gasteiger partial charge is 0.492 e. The summed E-state index contributed by atoms with van der Waals surface area (Å²) in [5.41, 5.74) is 0. The summed E-state index contributed by atoms with van der Waals surface area (Å²) in [6.07, 6.45) is 0.775. The molecule has 6 nitrogen and oxygen atoms in total. The van der Waals surface area contributed by atoms with Gasteiger partial charge in [-0.2, -0.15) is 4.31 Å². The molecule has 0 aliphatic heterocycles. The van der Waals surface area contributed by atoms with E-state index in [-0.39, 0.29) is 28.4 Å². The van der Waals surface area contributed by atoms with Crippen molar-refractivity contribution in [3.05, 3.63) is 23.2 Å². The Kier molecular flexibility index (Phi) is 7.31. The zero-order chi connectivity index (χ0) is 17.6. The molecular weight excluding hydrogens is 340 g/mol. The van der Waals surface area contributed by atoms with Crippen LogP contribution >= 0.6 is 11.6 Å². The van der Waals surface area contributed by atoms with Gasteiger partial charge in [0.25, 0.3) is 0 Å². The van der Waals surface area contributed by atoms with Gasteiger partial charge in [-0.3, -0.25) is 4.79 Å². The molecule has 0 fully saturated rings. The zero-order valence-corrected chi connectivity index (χ0v) is 15.4. The Bertz CT molecular complexity index is 649. The number of likely N-dealkylation sites (N-methyl/N-ethyl adjacent to an activating group) is 1. The number of amides is 1. The Morgan fingerprint density at radius 1 is 1.39 bits per heavy atom. The molecule has 0 radical (unpaired) electrons.